The third kappa shape index (κ3) is 2.30. The lowest BCUT2D eigenvalue weighted by molar-refractivity contribution is -0.576. The number of nitrogens with one attached hydrogen (secondary N) is 1. The highest BCUT2D eigenvalue weighted by Crippen LogP contribution is 2.33. The Morgan fingerprint density at radius 3 is 2.84 bits per heavy atom. The van der Waals surface area contributed by atoms with Crippen LogP contribution in [0.25, 0.3) is 10.9 Å². The van der Waals surface area contributed by atoms with E-state index in [0.717, 1.165) is 12.3 Å². The minimum atomic E-state index is -0.573. The molecule has 1 amide bonds. The fourth-order valence-corrected chi connectivity index (χ4v) is 2.02. The summed E-state index contributed by atoms with van der Waals surface area (Å²) in [5, 5.41) is 23.8. The largest absolute Gasteiger partial charge is 0.618 e. The topological polar surface area (TPSA) is 93.3 Å². The van der Waals surface area contributed by atoms with Crippen LogP contribution in [0.4, 0.5) is 5.69 Å². The van der Waals surface area contributed by atoms with Gasteiger partial charge in [-0.15, -0.1) is 0 Å². The van der Waals surface area contributed by atoms with Crippen LogP contribution in [-0.4, -0.2) is 11.0 Å². The zero-order valence-corrected chi connectivity index (χ0v) is 10.6. The van der Waals surface area contributed by atoms with Crippen molar-refractivity contribution in [1.82, 2.24) is 0 Å². The van der Waals surface area contributed by atoms with Crippen LogP contribution in [0, 0.1) is 5.21 Å². The molecule has 2 rings (SSSR count). The van der Waals surface area contributed by atoms with Crippen molar-refractivity contribution in [1.29, 1.82) is 0 Å². The Hall–Kier alpha value is -2.34. The van der Waals surface area contributed by atoms with Crippen molar-refractivity contribution < 1.29 is 14.6 Å². The van der Waals surface area contributed by atoms with Gasteiger partial charge in [0.2, 0.25) is 11.4 Å². The van der Waals surface area contributed by atoms with E-state index in [9.17, 15) is 19.9 Å². The quantitative estimate of drug-likeness (QED) is 0.465. The second-order valence-electron chi connectivity index (χ2n) is 3.86. The van der Waals surface area contributed by atoms with Crippen molar-refractivity contribution in [3.8, 4) is 5.75 Å². The summed E-state index contributed by atoms with van der Waals surface area (Å²) >= 11 is 5.93. The first-order valence-corrected chi connectivity index (χ1v) is 5.65. The van der Waals surface area contributed by atoms with Crippen LogP contribution in [0.5, 0.6) is 5.75 Å². The van der Waals surface area contributed by atoms with Gasteiger partial charge in [-0.1, -0.05) is 11.6 Å². The molecule has 98 valence electrons. The molecule has 6 nitrogen and oxygen atoms in total. The minimum Gasteiger partial charge on any atom is -0.618 e. The van der Waals surface area contributed by atoms with Crippen molar-refractivity contribution in [2.75, 3.05) is 5.32 Å². The highest BCUT2D eigenvalue weighted by Gasteiger charge is 2.19. The molecule has 0 unspecified atom stereocenters. The number of carbonyl (C=O) groups excluding carboxylic acids is 1. The molecule has 0 fully saturated rings. The van der Waals surface area contributed by atoms with Crippen LogP contribution < -0.4 is 15.5 Å². The second-order valence-corrected chi connectivity index (χ2v) is 4.26. The van der Waals surface area contributed by atoms with Crippen molar-refractivity contribution in [2.45, 2.75) is 6.92 Å². The summed E-state index contributed by atoms with van der Waals surface area (Å²) in [7, 11) is 0. The Morgan fingerprint density at radius 2 is 2.21 bits per heavy atom. The lowest BCUT2D eigenvalue weighted by Crippen LogP contribution is -2.25. The van der Waals surface area contributed by atoms with Crippen molar-refractivity contribution in [3.63, 3.8) is 0 Å². The maximum Gasteiger partial charge on any atom is 0.250 e. The molecule has 0 aliphatic carbocycles. The molecule has 1 heterocycles. The zero-order chi connectivity index (χ0) is 14.2. The number of nitrogens with zero attached hydrogens (tertiary/aromatic N) is 1. The maximum absolute atomic E-state index is 11.9. The Kier molecular flexibility index (Phi) is 3.26. The number of anilines is 1. The van der Waals surface area contributed by atoms with Gasteiger partial charge in [0, 0.05) is 13.0 Å². The molecule has 1 aromatic heterocycles. The summed E-state index contributed by atoms with van der Waals surface area (Å²) in [5.41, 5.74) is -0.743. The molecular formula is C12H9ClN2O4. The molecule has 0 spiro atoms. The molecule has 0 bridgehead atoms. The predicted molar refractivity (Wildman–Crippen MR) is 70.2 cm³/mol. The SMILES string of the molecule is CC(=O)Nc1cc(Cl)c2c(c1O)c(=O)ccc[n+]2[O-]. The molecule has 1 aromatic carbocycles. The van der Waals surface area contributed by atoms with E-state index in [1.165, 1.54) is 19.1 Å². The van der Waals surface area contributed by atoms with Crippen molar-refractivity contribution in [3.05, 3.63) is 44.8 Å². The number of amides is 1. The molecule has 0 aliphatic heterocycles. The number of aromatic nitrogens is 1. The van der Waals surface area contributed by atoms with E-state index < -0.39 is 17.1 Å². The summed E-state index contributed by atoms with van der Waals surface area (Å²) in [4.78, 5) is 22.9. The molecule has 19 heavy (non-hydrogen) atoms. The van der Waals surface area contributed by atoms with Crippen LogP contribution in [0.1, 0.15) is 6.92 Å². The van der Waals surface area contributed by atoms with Gasteiger partial charge in [0.15, 0.2) is 17.4 Å². The van der Waals surface area contributed by atoms with E-state index in [1.807, 2.05) is 0 Å². The van der Waals surface area contributed by atoms with E-state index in [4.69, 9.17) is 11.6 Å². The van der Waals surface area contributed by atoms with Gasteiger partial charge in [-0.25, -0.2) is 0 Å². The van der Waals surface area contributed by atoms with Gasteiger partial charge in [-0.2, -0.15) is 4.73 Å². The van der Waals surface area contributed by atoms with Gasteiger partial charge in [-0.05, 0) is 12.1 Å². The van der Waals surface area contributed by atoms with Crippen LogP contribution in [0.15, 0.2) is 29.2 Å². The molecule has 2 aromatic rings. The molecular weight excluding hydrogens is 272 g/mol. The Morgan fingerprint density at radius 1 is 1.53 bits per heavy atom. The second kappa shape index (κ2) is 4.74. The number of fused-ring (bicyclic) bond motifs is 1. The number of aromatic hydroxyl groups is 1. The smallest absolute Gasteiger partial charge is 0.250 e. The number of carbonyl (C=O) groups is 1. The maximum atomic E-state index is 11.9. The average molecular weight is 281 g/mol. The number of hydrogen-bond acceptors (Lipinski definition) is 4. The molecule has 7 heteroatoms. The van der Waals surface area contributed by atoms with Gasteiger partial charge in [0.1, 0.15) is 10.4 Å². The van der Waals surface area contributed by atoms with Gasteiger partial charge >= 0.3 is 0 Å². The van der Waals surface area contributed by atoms with Crippen molar-refractivity contribution in [2.24, 2.45) is 0 Å². The summed E-state index contributed by atoms with van der Waals surface area (Å²) in [6, 6.07) is 3.60. The zero-order valence-electron chi connectivity index (χ0n) is 9.81. The van der Waals surface area contributed by atoms with E-state index in [2.05, 4.69) is 5.32 Å². The van der Waals surface area contributed by atoms with E-state index >= 15 is 0 Å². The van der Waals surface area contributed by atoms with Crippen LogP contribution in [0.3, 0.4) is 0 Å². The fraction of sp³-hybridized carbons (Fsp3) is 0.0833. The number of benzene rings is 1. The lowest BCUT2D eigenvalue weighted by atomic mass is 10.2. The highest BCUT2D eigenvalue weighted by molar-refractivity contribution is 6.35. The first kappa shape index (κ1) is 13.1. The van der Waals surface area contributed by atoms with Crippen LogP contribution in [0.2, 0.25) is 5.02 Å². The monoisotopic (exact) mass is 280 g/mol. The third-order valence-corrected chi connectivity index (χ3v) is 2.76. The molecule has 0 radical (unpaired) electrons. The standard InChI is InChI=1S/C12H9ClN2O4/c1-6(16)14-8-5-7(13)11-10(12(8)18)9(17)3-2-4-15(11)19/h2-5,18H,1H3,(H,14,16). The van der Waals surface area contributed by atoms with Gasteiger partial charge in [0.25, 0.3) is 0 Å². The molecule has 0 atom stereocenters. The van der Waals surface area contributed by atoms with E-state index in [-0.39, 0.29) is 21.6 Å². The summed E-state index contributed by atoms with van der Waals surface area (Å²) in [6.45, 7) is 1.24. The van der Waals surface area contributed by atoms with Crippen molar-refractivity contribution >= 4 is 34.1 Å². The summed E-state index contributed by atoms with van der Waals surface area (Å²) in [6.07, 6.45) is 1.10. The summed E-state index contributed by atoms with van der Waals surface area (Å²) in [5.74, 6) is -0.922. The molecule has 2 N–H and O–H groups in total. The molecule has 0 saturated carbocycles. The minimum absolute atomic E-state index is 0.0201. The number of halogens is 1. The van der Waals surface area contributed by atoms with E-state index in [1.54, 1.807) is 0 Å². The average Bonchev–Trinajstić information content (AvgIpc) is 2.45. The lowest BCUT2D eigenvalue weighted by Gasteiger charge is -2.07. The Bertz CT molecular complexity index is 746. The summed E-state index contributed by atoms with van der Waals surface area (Å²) < 4.78 is 0.385. The first-order chi connectivity index (χ1) is 8.91. The van der Waals surface area contributed by atoms with Crippen LogP contribution in [-0.2, 0) is 4.79 Å². The third-order valence-electron chi connectivity index (χ3n) is 2.47. The van der Waals surface area contributed by atoms with Gasteiger partial charge < -0.3 is 15.6 Å². The van der Waals surface area contributed by atoms with Crippen LogP contribution >= 0.6 is 11.6 Å². The fourth-order valence-electron chi connectivity index (χ4n) is 1.73. The highest BCUT2D eigenvalue weighted by atomic mass is 35.5. The molecule has 0 aliphatic rings. The number of rotatable bonds is 1. The number of phenolic OH excluding ortho intramolecular Hbond substituents is 1. The number of hydrogen-bond donors (Lipinski definition) is 2. The molecule has 0 saturated heterocycles. The van der Waals surface area contributed by atoms with Gasteiger partial charge in [0.05, 0.1) is 5.69 Å². The Labute approximate surface area is 112 Å². The first-order valence-electron chi connectivity index (χ1n) is 5.27. The van der Waals surface area contributed by atoms with Gasteiger partial charge in [-0.3, -0.25) is 9.59 Å². The predicted octanol–water partition coefficient (Wildman–Crippen LogP) is 1.15. The normalized spacial score (nSPS) is 10.4. The number of phenols is 1. The van der Waals surface area contributed by atoms with E-state index in [0.29, 0.717) is 4.73 Å². The Balaban J connectivity index is 2.98.